The number of halogens is 3. The fraction of sp³-hybridized carbons (Fsp3) is 0.500. The molecule has 1 aromatic rings. The summed E-state index contributed by atoms with van der Waals surface area (Å²) in [6.07, 6.45) is -1.61. The maximum atomic E-state index is 12.4. The van der Waals surface area contributed by atoms with Crippen molar-refractivity contribution in [2.45, 2.75) is 19.4 Å². The maximum absolute atomic E-state index is 12.4. The van der Waals surface area contributed by atoms with Crippen LogP contribution in [0.4, 0.5) is 14.6 Å². The van der Waals surface area contributed by atoms with E-state index in [2.05, 4.69) is 31.2 Å². The lowest BCUT2D eigenvalue weighted by Crippen LogP contribution is -2.20. The molecule has 0 bridgehead atoms. The Labute approximate surface area is 93.9 Å². The molecule has 0 radical (unpaired) electrons. The Morgan fingerprint density at radius 2 is 2.20 bits per heavy atom. The molecule has 2 N–H and O–H groups in total. The first kappa shape index (κ1) is 12.3. The lowest BCUT2D eigenvalue weighted by Gasteiger charge is -2.13. The molecule has 0 fully saturated rings. The predicted octanol–water partition coefficient (Wildman–Crippen LogP) is 1.97. The highest BCUT2D eigenvalue weighted by Gasteiger charge is 2.17. The van der Waals surface area contributed by atoms with Crippen LogP contribution >= 0.6 is 15.9 Å². The van der Waals surface area contributed by atoms with Crippen LogP contribution in [0.25, 0.3) is 0 Å². The predicted molar refractivity (Wildman–Crippen MR) is 54.9 cm³/mol. The van der Waals surface area contributed by atoms with E-state index >= 15 is 0 Å². The van der Waals surface area contributed by atoms with Crippen LogP contribution in [0.1, 0.15) is 19.0 Å². The van der Waals surface area contributed by atoms with Crippen molar-refractivity contribution in [2.24, 2.45) is 0 Å². The molecule has 1 rings (SSSR count). The van der Waals surface area contributed by atoms with E-state index in [1.54, 1.807) is 6.92 Å². The zero-order chi connectivity index (χ0) is 11.4. The highest BCUT2D eigenvalue weighted by atomic mass is 79.9. The molecule has 0 aliphatic rings. The Hall–Kier alpha value is -0.820. The van der Waals surface area contributed by atoms with Gasteiger partial charge in [-0.25, -0.2) is 18.7 Å². The van der Waals surface area contributed by atoms with Gasteiger partial charge in [-0.05, 0) is 22.9 Å². The van der Waals surface area contributed by atoms with Gasteiger partial charge in [-0.1, -0.05) is 0 Å². The van der Waals surface area contributed by atoms with Gasteiger partial charge < -0.3 is 10.4 Å². The summed E-state index contributed by atoms with van der Waals surface area (Å²) in [4.78, 5) is 7.26. The van der Waals surface area contributed by atoms with E-state index < -0.39 is 6.43 Å². The van der Waals surface area contributed by atoms with Crippen molar-refractivity contribution in [3.63, 3.8) is 0 Å². The maximum Gasteiger partial charge on any atom is 0.281 e. The summed E-state index contributed by atoms with van der Waals surface area (Å²) < 4.78 is 25.0. The molecule has 0 aliphatic carbocycles. The summed E-state index contributed by atoms with van der Waals surface area (Å²) >= 11 is 2.99. The van der Waals surface area contributed by atoms with E-state index in [0.29, 0.717) is 0 Å². The van der Waals surface area contributed by atoms with Crippen molar-refractivity contribution in [3.8, 4) is 0 Å². The molecule has 15 heavy (non-hydrogen) atoms. The molecular weight excluding hydrogens is 272 g/mol. The van der Waals surface area contributed by atoms with Crippen LogP contribution in [0.2, 0.25) is 0 Å². The first-order chi connectivity index (χ1) is 7.06. The quantitative estimate of drug-likeness (QED) is 0.886. The van der Waals surface area contributed by atoms with Gasteiger partial charge in [0.05, 0.1) is 11.1 Å². The highest BCUT2D eigenvalue weighted by Crippen LogP contribution is 2.29. The molecule has 1 atom stereocenters. The minimum absolute atomic E-state index is 0.111. The summed E-state index contributed by atoms with van der Waals surface area (Å²) in [6, 6.07) is -0.262. The number of nitrogens with one attached hydrogen (secondary N) is 1. The third-order valence-corrected chi connectivity index (χ3v) is 2.46. The number of alkyl halides is 2. The number of rotatable bonds is 4. The van der Waals surface area contributed by atoms with Crippen LogP contribution in [-0.4, -0.2) is 27.7 Å². The fourth-order valence-corrected chi connectivity index (χ4v) is 1.41. The second kappa shape index (κ2) is 5.32. The van der Waals surface area contributed by atoms with Crippen LogP contribution in [0.5, 0.6) is 0 Å². The Kier molecular flexibility index (Phi) is 4.34. The topological polar surface area (TPSA) is 58.0 Å². The molecule has 0 saturated heterocycles. The molecular formula is C8H10BrF2N3O. The number of hydrogen-bond acceptors (Lipinski definition) is 4. The monoisotopic (exact) mass is 281 g/mol. The van der Waals surface area contributed by atoms with Crippen molar-refractivity contribution < 1.29 is 13.9 Å². The number of hydrogen-bond donors (Lipinski definition) is 2. The number of nitrogens with zero attached hydrogens (tertiary/aromatic N) is 2. The normalized spacial score (nSPS) is 12.9. The van der Waals surface area contributed by atoms with Crippen molar-refractivity contribution in [3.05, 3.63) is 16.5 Å². The molecule has 0 amide bonds. The highest BCUT2D eigenvalue weighted by molar-refractivity contribution is 9.10. The summed E-state index contributed by atoms with van der Waals surface area (Å²) in [5.41, 5.74) is -0.363. The van der Waals surface area contributed by atoms with Gasteiger partial charge >= 0.3 is 0 Å². The average molecular weight is 282 g/mol. The zero-order valence-corrected chi connectivity index (χ0v) is 9.50. The third-order valence-electron chi connectivity index (χ3n) is 1.68. The lowest BCUT2D eigenvalue weighted by atomic mass is 10.3. The van der Waals surface area contributed by atoms with Gasteiger partial charge in [0.2, 0.25) is 0 Å². The van der Waals surface area contributed by atoms with Crippen molar-refractivity contribution in [1.82, 2.24) is 9.97 Å². The summed E-state index contributed by atoms with van der Waals surface area (Å²) in [7, 11) is 0. The molecule has 0 spiro atoms. The van der Waals surface area contributed by atoms with E-state index in [9.17, 15) is 8.78 Å². The van der Waals surface area contributed by atoms with E-state index in [4.69, 9.17) is 5.11 Å². The van der Waals surface area contributed by atoms with E-state index in [1.165, 1.54) is 0 Å². The van der Waals surface area contributed by atoms with Gasteiger partial charge in [0.25, 0.3) is 6.43 Å². The average Bonchev–Trinajstić information content (AvgIpc) is 2.20. The molecule has 0 aromatic carbocycles. The summed E-state index contributed by atoms with van der Waals surface area (Å²) in [6.45, 7) is 1.59. The smallest absolute Gasteiger partial charge is 0.281 e. The van der Waals surface area contributed by atoms with Crippen LogP contribution in [-0.2, 0) is 0 Å². The SMILES string of the molecule is C[C@H](CO)Nc1ncnc(C(F)F)c1Br. The molecule has 1 heterocycles. The Morgan fingerprint density at radius 1 is 1.53 bits per heavy atom. The van der Waals surface area contributed by atoms with Gasteiger partial charge in [-0.15, -0.1) is 0 Å². The second-order valence-corrected chi connectivity index (χ2v) is 3.74. The van der Waals surface area contributed by atoms with Gasteiger partial charge in [-0.3, -0.25) is 0 Å². The van der Waals surface area contributed by atoms with E-state index in [-0.39, 0.29) is 28.6 Å². The van der Waals surface area contributed by atoms with Gasteiger partial charge in [0.15, 0.2) is 0 Å². The minimum atomic E-state index is -2.66. The third kappa shape index (κ3) is 3.07. The minimum Gasteiger partial charge on any atom is -0.394 e. The van der Waals surface area contributed by atoms with Crippen LogP contribution in [0, 0.1) is 0 Å². The molecule has 0 aliphatic heterocycles. The van der Waals surface area contributed by atoms with Crippen molar-refractivity contribution >= 4 is 21.7 Å². The Bertz CT molecular complexity index is 338. The lowest BCUT2D eigenvalue weighted by molar-refractivity contribution is 0.145. The second-order valence-electron chi connectivity index (χ2n) is 2.95. The van der Waals surface area contributed by atoms with Crippen LogP contribution in [0.15, 0.2) is 10.8 Å². The Morgan fingerprint density at radius 3 is 2.73 bits per heavy atom. The number of anilines is 1. The molecule has 1 aromatic heterocycles. The van der Waals surface area contributed by atoms with Crippen molar-refractivity contribution in [2.75, 3.05) is 11.9 Å². The zero-order valence-electron chi connectivity index (χ0n) is 7.91. The van der Waals surface area contributed by atoms with E-state index in [0.717, 1.165) is 6.33 Å². The number of aromatic nitrogens is 2. The molecule has 0 saturated carbocycles. The van der Waals surface area contributed by atoms with Gasteiger partial charge in [0, 0.05) is 6.04 Å². The van der Waals surface area contributed by atoms with Crippen LogP contribution in [0.3, 0.4) is 0 Å². The summed E-state index contributed by atoms with van der Waals surface area (Å²) in [5.74, 6) is 0.252. The number of aliphatic hydroxyl groups excluding tert-OH is 1. The standard InChI is InChI=1S/C8H10BrF2N3O/c1-4(2-15)14-8-5(9)6(7(10)11)12-3-13-8/h3-4,7,15H,2H2,1H3,(H,12,13,14)/t4-/m1/s1. The van der Waals surface area contributed by atoms with Gasteiger partial charge in [-0.2, -0.15) is 0 Å². The molecule has 0 unspecified atom stereocenters. The van der Waals surface area contributed by atoms with Crippen molar-refractivity contribution in [1.29, 1.82) is 0 Å². The molecule has 4 nitrogen and oxygen atoms in total. The largest absolute Gasteiger partial charge is 0.394 e. The first-order valence-electron chi connectivity index (χ1n) is 4.22. The first-order valence-corrected chi connectivity index (χ1v) is 5.01. The fourth-order valence-electron chi connectivity index (χ4n) is 0.915. The molecule has 7 heteroatoms. The van der Waals surface area contributed by atoms with Crippen LogP contribution < -0.4 is 5.32 Å². The summed E-state index contributed by atoms with van der Waals surface area (Å²) in [5, 5.41) is 11.6. The number of aliphatic hydroxyl groups is 1. The molecule has 84 valence electrons. The van der Waals surface area contributed by atoms with Gasteiger partial charge in [0.1, 0.15) is 17.8 Å². The Balaban J connectivity index is 2.94. The van der Waals surface area contributed by atoms with E-state index in [1.807, 2.05) is 0 Å².